The van der Waals surface area contributed by atoms with Crippen molar-refractivity contribution in [1.82, 2.24) is 0 Å². The molecule has 1 aliphatic carbocycles. The molecule has 0 bridgehead atoms. The third kappa shape index (κ3) is 5.04. The second-order valence-corrected chi connectivity index (χ2v) is 8.17. The number of rotatable bonds is 7. The van der Waals surface area contributed by atoms with E-state index in [1.54, 1.807) is 0 Å². The molecule has 2 nitrogen and oxygen atoms in total. The molecule has 2 heteroatoms. The zero-order valence-corrected chi connectivity index (χ0v) is 18.1. The van der Waals surface area contributed by atoms with Crippen LogP contribution >= 0.6 is 0 Å². The summed E-state index contributed by atoms with van der Waals surface area (Å²) in [5.41, 5.74) is 9.05. The van der Waals surface area contributed by atoms with Crippen LogP contribution in [0.25, 0.3) is 0 Å². The molecule has 1 fully saturated rings. The van der Waals surface area contributed by atoms with Crippen LogP contribution in [0.5, 0.6) is 0 Å². The molecule has 0 spiro atoms. The van der Waals surface area contributed by atoms with Gasteiger partial charge in [0.25, 0.3) is 0 Å². The smallest absolute Gasteiger partial charge is 0.142 e. The molecular weight excluding hydrogens is 342 g/mol. The van der Waals surface area contributed by atoms with Gasteiger partial charge in [-0.25, -0.2) is 0 Å². The van der Waals surface area contributed by atoms with Crippen LogP contribution in [0.15, 0.2) is 41.6 Å². The molecule has 0 heterocycles. The summed E-state index contributed by atoms with van der Waals surface area (Å²) in [5, 5.41) is 4.38. The second-order valence-electron chi connectivity index (χ2n) is 8.17. The van der Waals surface area contributed by atoms with Crippen LogP contribution in [0.3, 0.4) is 0 Å². The van der Waals surface area contributed by atoms with E-state index in [0.29, 0.717) is 6.61 Å². The van der Waals surface area contributed by atoms with Crippen LogP contribution in [0.4, 0.5) is 0 Å². The quantitative estimate of drug-likeness (QED) is 0.372. The summed E-state index contributed by atoms with van der Waals surface area (Å²) in [4.78, 5) is 5.69. The first-order valence-electron chi connectivity index (χ1n) is 11.0. The van der Waals surface area contributed by atoms with Crippen molar-refractivity contribution in [3.05, 3.63) is 69.8 Å². The van der Waals surface area contributed by atoms with E-state index in [2.05, 4.69) is 62.3 Å². The van der Waals surface area contributed by atoms with Gasteiger partial charge in [-0.15, -0.1) is 0 Å². The van der Waals surface area contributed by atoms with Gasteiger partial charge < -0.3 is 4.84 Å². The molecule has 150 valence electrons. The lowest BCUT2D eigenvalue weighted by Crippen LogP contribution is -2.06. The lowest BCUT2D eigenvalue weighted by molar-refractivity contribution is 0.130. The van der Waals surface area contributed by atoms with E-state index in [0.717, 1.165) is 30.0 Å². The van der Waals surface area contributed by atoms with Crippen molar-refractivity contribution >= 4 is 5.71 Å². The van der Waals surface area contributed by atoms with Gasteiger partial charge in [0, 0.05) is 0 Å². The molecule has 0 atom stereocenters. The zero-order chi connectivity index (χ0) is 19.9. The normalized spacial score (nSPS) is 15.6. The van der Waals surface area contributed by atoms with Crippen LogP contribution in [-0.2, 0) is 24.3 Å². The van der Waals surface area contributed by atoms with Gasteiger partial charge in [-0.05, 0) is 84.9 Å². The fraction of sp³-hybridized carbons (Fsp3) is 0.500. The number of hydrogen-bond acceptors (Lipinski definition) is 2. The Labute approximate surface area is 171 Å². The van der Waals surface area contributed by atoms with E-state index in [-0.39, 0.29) is 0 Å². The Morgan fingerprint density at radius 1 is 0.964 bits per heavy atom. The van der Waals surface area contributed by atoms with Crippen LogP contribution in [0.1, 0.15) is 92.2 Å². The number of nitrogens with zero attached hydrogens (tertiary/aromatic N) is 1. The van der Waals surface area contributed by atoms with Crippen LogP contribution < -0.4 is 0 Å². The van der Waals surface area contributed by atoms with Crippen LogP contribution in [0.2, 0.25) is 0 Å². The van der Waals surface area contributed by atoms with Gasteiger partial charge >= 0.3 is 0 Å². The number of benzene rings is 2. The van der Waals surface area contributed by atoms with Crippen molar-refractivity contribution in [3.8, 4) is 0 Å². The number of aryl methyl sites for hydroxylation is 3. The predicted molar refractivity (Wildman–Crippen MR) is 119 cm³/mol. The lowest BCUT2D eigenvalue weighted by Gasteiger charge is -2.23. The second kappa shape index (κ2) is 9.91. The molecule has 1 aliphatic rings. The maximum absolute atomic E-state index is 5.69. The molecule has 3 rings (SSSR count). The molecule has 0 aliphatic heterocycles. The Kier molecular flexibility index (Phi) is 7.30. The van der Waals surface area contributed by atoms with Crippen molar-refractivity contribution in [2.45, 2.75) is 85.2 Å². The van der Waals surface area contributed by atoms with Crippen molar-refractivity contribution in [1.29, 1.82) is 0 Å². The summed E-state index contributed by atoms with van der Waals surface area (Å²) in [7, 11) is 0. The monoisotopic (exact) mass is 377 g/mol. The molecule has 0 N–H and O–H groups in total. The molecule has 0 aromatic heterocycles. The molecule has 0 unspecified atom stereocenters. The summed E-state index contributed by atoms with van der Waals surface area (Å²) >= 11 is 0. The van der Waals surface area contributed by atoms with Gasteiger partial charge in [-0.1, -0.05) is 68.6 Å². The highest BCUT2D eigenvalue weighted by Crippen LogP contribution is 2.34. The molecule has 0 radical (unpaired) electrons. The van der Waals surface area contributed by atoms with E-state index >= 15 is 0 Å². The van der Waals surface area contributed by atoms with Crippen LogP contribution in [-0.4, -0.2) is 5.71 Å². The first kappa shape index (κ1) is 20.6. The highest BCUT2D eigenvalue weighted by Gasteiger charge is 2.17. The highest BCUT2D eigenvalue weighted by atomic mass is 16.6. The molecular formula is C26H35NO. The van der Waals surface area contributed by atoms with E-state index in [4.69, 9.17) is 4.84 Å². The molecule has 1 saturated carbocycles. The van der Waals surface area contributed by atoms with Gasteiger partial charge in [-0.3, -0.25) is 0 Å². The Hall–Kier alpha value is -2.09. The number of oxime groups is 1. The van der Waals surface area contributed by atoms with Crippen molar-refractivity contribution in [2.24, 2.45) is 5.16 Å². The summed E-state index contributed by atoms with van der Waals surface area (Å²) in [5.74, 6) is 0.753. The number of hydrogen-bond donors (Lipinski definition) is 0. The minimum atomic E-state index is 0.525. The Balaban J connectivity index is 1.63. The average molecular weight is 378 g/mol. The Morgan fingerprint density at radius 2 is 1.71 bits per heavy atom. The zero-order valence-electron chi connectivity index (χ0n) is 18.1. The average Bonchev–Trinajstić information content (AvgIpc) is 2.73. The topological polar surface area (TPSA) is 21.6 Å². The third-order valence-corrected chi connectivity index (χ3v) is 6.20. The molecule has 2 aromatic carbocycles. The van der Waals surface area contributed by atoms with Crippen molar-refractivity contribution in [2.75, 3.05) is 0 Å². The van der Waals surface area contributed by atoms with E-state index in [1.807, 2.05) is 6.92 Å². The van der Waals surface area contributed by atoms with E-state index in [1.165, 1.54) is 59.9 Å². The first-order valence-corrected chi connectivity index (χ1v) is 11.0. The fourth-order valence-electron chi connectivity index (χ4n) is 4.48. The van der Waals surface area contributed by atoms with Crippen molar-refractivity contribution < 1.29 is 4.84 Å². The van der Waals surface area contributed by atoms with Gasteiger partial charge in [0.1, 0.15) is 6.61 Å². The standard InChI is InChI=1S/C26H35NO/c1-5-22-13-14-25(17-23(22)6-2)20(4)27-28-18-21-12-15-26(19(3)16-21)24-10-8-7-9-11-24/h12-17,24H,5-11,18H2,1-4H3/b27-20+. The van der Waals surface area contributed by atoms with Gasteiger partial charge in [0.05, 0.1) is 5.71 Å². The summed E-state index contributed by atoms with van der Waals surface area (Å²) in [6.45, 7) is 9.21. The fourth-order valence-corrected chi connectivity index (χ4v) is 4.48. The maximum atomic E-state index is 5.69. The minimum absolute atomic E-state index is 0.525. The lowest BCUT2D eigenvalue weighted by atomic mass is 9.82. The maximum Gasteiger partial charge on any atom is 0.142 e. The third-order valence-electron chi connectivity index (χ3n) is 6.20. The first-order chi connectivity index (χ1) is 13.6. The van der Waals surface area contributed by atoms with Gasteiger partial charge in [0.15, 0.2) is 0 Å². The van der Waals surface area contributed by atoms with Gasteiger partial charge in [-0.2, -0.15) is 0 Å². The van der Waals surface area contributed by atoms with E-state index in [9.17, 15) is 0 Å². The van der Waals surface area contributed by atoms with E-state index < -0.39 is 0 Å². The van der Waals surface area contributed by atoms with Crippen LogP contribution in [0, 0.1) is 6.92 Å². The Bertz CT molecular complexity index is 815. The highest BCUT2D eigenvalue weighted by molar-refractivity contribution is 5.98. The predicted octanol–water partition coefficient (Wildman–Crippen LogP) is 7.11. The molecule has 28 heavy (non-hydrogen) atoms. The summed E-state index contributed by atoms with van der Waals surface area (Å²) in [6, 6.07) is 13.4. The van der Waals surface area contributed by atoms with Crippen molar-refractivity contribution in [3.63, 3.8) is 0 Å². The SMILES string of the molecule is CCc1ccc(/C(C)=N/OCc2ccc(C3CCCCC3)c(C)c2)cc1CC. The molecule has 0 saturated heterocycles. The van der Waals surface area contributed by atoms with Gasteiger partial charge in [0.2, 0.25) is 0 Å². The largest absolute Gasteiger partial charge is 0.391 e. The Morgan fingerprint density at radius 3 is 2.39 bits per heavy atom. The minimum Gasteiger partial charge on any atom is -0.391 e. The molecule has 0 amide bonds. The summed E-state index contributed by atoms with van der Waals surface area (Å²) in [6.07, 6.45) is 8.97. The molecule has 2 aromatic rings. The summed E-state index contributed by atoms with van der Waals surface area (Å²) < 4.78 is 0.